The van der Waals surface area contributed by atoms with E-state index in [0.29, 0.717) is 0 Å². The third kappa shape index (κ3) is 17.5. The van der Waals surface area contributed by atoms with Crippen LogP contribution in [-0.4, -0.2) is 0 Å². The zero-order chi connectivity index (χ0) is 14.0. The number of unbranched alkanes of at least 4 members (excludes halogenated alkanes) is 12. The van der Waals surface area contributed by atoms with Crippen LogP contribution in [0.3, 0.4) is 0 Å². The summed E-state index contributed by atoms with van der Waals surface area (Å²) >= 11 is 0. The molecule has 0 heteroatoms. The molecule has 0 aromatic rings. The summed E-state index contributed by atoms with van der Waals surface area (Å²) in [6.45, 7) is 6.03. The third-order valence-electron chi connectivity index (χ3n) is 3.67. The quantitative estimate of drug-likeness (QED) is 0.216. The molecule has 0 rings (SSSR count). The van der Waals surface area contributed by atoms with Crippen molar-refractivity contribution >= 4 is 0 Å². The molecule has 0 aromatic heterocycles. The lowest BCUT2D eigenvalue weighted by atomic mass is 10.1. The molecule has 0 atom stereocenters. The van der Waals surface area contributed by atoms with Gasteiger partial charge in [-0.15, -0.1) is 6.58 Å². The number of allylic oxidation sites excluding steroid dienone is 3. The lowest BCUT2D eigenvalue weighted by molar-refractivity contribution is 0.591. The van der Waals surface area contributed by atoms with Crippen LogP contribution in [0.4, 0.5) is 0 Å². The second-order valence-electron chi connectivity index (χ2n) is 5.66. The van der Waals surface area contributed by atoms with E-state index in [9.17, 15) is 0 Å². The molecule has 0 saturated heterocycles. The number of hydrogen-bond donors (Lipinski definition) is 0. The van der Waals surface area contributed by atoms with Crippen molar-refractivity contribution in [1.82, 2.24) is 0 Å². The van der Waals surface area contributed by atoms with E-state index in [1.54, 1.807) is 0 Å². The van der Waals surface area contributed by atoms with Gasteiger partial charge >= 0.3 is 0 Å². The molecule has 0 unspecified atom stereocenters. The zero-order valence-electron chi connectivity index (χ0n) is 13.3. The summed E-state index contributed by atoms with van der Waals surface area (Å²) in [5, 5.41) is 0. The van der Waals surface area contributed by atoms with Gasteiger partial charge in [0.05, 0.1) is 0 Å². The molecule has 0 radical (unpaired) electrons. The van der Waals surface area contributed by atoms with Crippen molar-refractivity contribution in [3.63, 3.8) is 0 Å². The molecule has 0 aliphatic carbocycles. The zero-order valence-corrected chi connectivity index (χ0v) is 13.3. The maximum Gasteiger partial charge on any atom is -0.0351 e. The predicted molar refractivity (Wildman–Crippen MR) is 89.6 cm³/mol. The van der Waals surface area contributed by atoms with Crippen molar-refractivity contribution in [1.29, 1.82) is 0 Å². The van der Waals surface area contributed by atoms with Gasteiger partial charge in [-0.25, -0.2) is 0 Å². The van der Waals surface area contributed by atoms with Crippen LogP contribution in [0.1, 0.15) is 96.8 Å². The van der Waals surface area contributed by atoms with Crippen molar-refractivity contribution in [3.8, 4) is 0 Å². The Hall–Kier alpha value is -0.520. The molecule has 0 heterocycles. The maximum atomic E-state index is 3.75. The van der Waals surface area contributed by atoms with E-state index >= 15 is 0 Å². The average molecular weight is 264 g/mol. The van der Waals surface area contributed by atoms with Gasteiger partial charge in [-0.1, -0.05) is 76.5 Å². The summed E-state index contributed by atoms with van der Waals surface area (Å²) in [4.78, 5) is 0. The number of rotatable bonds is 15. The molecule has 0 saturated carbocycles. The summed E-state index contributed by atoms with van der Waals surface area (Å²) in [7, 11) is 0. The largest absolute Gasteiger partial charge is 0.103 e. The Kier molecular flexibility index (Phi) is 17.0. The molecule has 0 aromatic carbocycles. The first-order valence-corrected chi connectivity index (χ1v) is 8.67. The monoisotopic (exact) mass is 264 g/mol. The predicted octanol–water partition coefficient (Wildman–Crippen LogP) is 7.21. The van der Waals surface area contributed by atoms with Crippen LogP contribution in [0.2, 0.25) is 0 Å². The lowest BCUT2D eigenvalue weighted by Crippen LogP contribution is -1.79. The fourth-order valence-corrected chi connectivity index (χ4v) is 2.36. The van der Waals surface area contributed by atoms with E-state index in [-0.39, 0.29) is 0 Å². The highest BCUT2D eigenvalue weighted by Crippen LogP contribution is 2.09. The van der Waals surface area contributed by atoms with Crippen LogP contribution in [0.25, 0.3) is 0 Å². The smallest absolute Gasteiger partial charge is 0.0351 e. The van der Waals surface area contributed by atoms with Gasteiger partial charge in [0.15, 0.2) is 0 Å². The molecule has 0 bridgehead atoms. The standard InChI is InChI=1S/C19H36/c1-3-5-7-9-11-13-15-17-19-18-16-14-12-10-8-6-4-2/h3,17,19H,1,4-16,18H2,2H3/b19-17+. The van der Waals surface area contributed by atoms with Crippen LogP contribution in [0, 0.1) is 0 Å². The first-order valence-electron chi connectivity index (χ1n) is 8.67. The van der Waals surface area contributed by atoms with Gasteiger partial charge in [0.2, 0.25) is 0 Å². The van der Waals surface area contributed by atoms with Crippen LogP contribution < -0.4 is 0 Å². The van der Waals surface area contributed by atoms with Gasteiger partial charge in [-0.2, -0.15) is 0 Å². The minimum Gasteiger partial charge on any atom is -0.103 e. The Bertz CT molecular complexity index is 190. The molecular weight excluding hydrogens is 228 g/mol. The first kappa shape index (κ1) is 18.5. The van der Waals surface area contributed by atoms with Gasteiger partial charge in [0, 0.05) is 0 Å². The van der Waals surface area contributed by atoms with E-state index in [4.69, 9.17) is 0 Å². The normalized spacial score (nSPS) is 11.2. The molecule has 0 aliphatic heterocycles. The van der Waals surface area contributed by atoms with Gasteiger partial charge in [-0.3, -0.25) is 0 Å². The van der Waals surface area contributed by atoms with E-state index in [1.165, 1.54) is 89.9 Å². The van der Waals surface area contributed by atoms with Crippen LogP contribution in [0.5, 0.6) is 0 Å². The molecule has 19 heavy (non-hydrogen) atoms. The molecule has 0 spiro atoms. The second-order valence-corrected chi connectivity index (χ2v) is 5.66. The van der Waals surface area contributed by atoms with Crippen molar-refractivity contribution in [3.05, 3.63) is 24.8 Å². The Balaban J connectivity index is 3.03. The number of hydrogen-bond acceptors (Lipinski definition) is 0. The fraction of sp³-hybridized carbons (Fsp3) is 0.789. The van der Waals surface area contributed by atoms with E-state index < -0.39 is 0 Å². The molecule has 0 amide bonds. The molecular formula is C19H36. The maximum absolute atomic E-state index is 3.75. The minimum absolute atomic E-state index is 1.19. The SMILES string of the molecule is C=CCCCCCC/C=C/CCCCCCCCC. The summed E-state index contributed by atoms with van der Waals surface area (Å²) in [5.41, 5.74) is 0. The van der Waals surface area contributed by atoms with Gasteiger partial charge < -0.3 is 0 Å². The topological polar surface area (TPSA) is 0 Å². The average Bonchev–Trinajstić information content (AvgIpc) is 2.43. The highest BCUT2D eigenvalue weighted by molar-refractivity contribution is 4.81. The molecule has 0 nitrogen and oxygen atoms in total. The summed E-state index contributed by atoms with van der Waals surface area (Å²) in [5.74, 6) is 0. The van der Waals surface area contributed by atoms with Crippen molar-refractivity contribution in [2.45, 2.75) is 96.8 Å². The van der Waals surface area contributed by atoms with Crippen molar-refractivity contribution in [2.75, 3.05) is 0 Å². The summed E-state index contributed by atoms with van der Waals surface area (Å²) < 4.78 is 0. The minimum atomic E-state index is 1.19. The molecule has 0 aliphatic rings. The van der Waals surface area contributed by atoms with Crippen LogP contribution >= 0.6 is 0 Å². The van der Waals surface area contributed by atoms with Gasteiger partial charge in [-0.05, 0) is 38.5 Å². The Morgan fingerprint density at radius 3 is 1.47 bits per heavy atom. The fourth-order valence-electron chi connectivity index (χ4n) is 2.36. The highest BCUT2D eigenvalue weighted by atomic mass is 14.0. The van der Waals surface area contributed by atoms with Crippen molar-refractivity contribution < 1.29 is 0 Å². The molecule has 112 valence electrons. The first-order chi connectivity index (χ1) is 9.41. The van der Waals surface area contributed by atoms with E-state index in [0.717, 1.165) is 0 Å². The molecule has 0 N–H and O–H groups in total. The van der Waals surface area contributed by atoms with Crippen LogP contribution in [-0.2, 0) is 0 Å². The van der Waals surface area contributed by atoms with Gasteiger partial charge in [0.1, 0.15) is 0 Å². The van der Waals surface area contributed by atoms with Gasteiger partial charge in [0.25, 0.3) is 0 Å². The second kappa shape index (κ2) is 17.5. The highest BCUT2D eigenvalue weighted by Gasteiger charge is 1.90. The van der Waals surface area contributed by atoms with Crippen molar-refractivity contribution in [2.24, 2.45) is 0 Å². The Morgan fingerprint density at radius 1 is 0.579 bits per heavy atom. The summed E-state index contributed by atoms with van der Waals surface area (Å²) in [6.07, 6.45) is 26.0. The lowest BCUT2D eigenvalue weighted by Gasteiger charge is -1.99. The Labute approximate surface area is 122 Å². The molecule has 0 fully saturated rings. The Morgan fingerprint density at radius 2 is 1.00 bits per heavy atom. The van der Waals surface area contributed by atoms with E-state index in [1.807, 2.05) is 6.08 Å². The van der Waals surface area contributed by atoms with E-state index in [2.05, 4.69) is 25.7 Å². The third-order valence-corrected chi connectivity index (χ3v) is 3.67. The van der Waals surface area contributed by atoms with Crippen LogP contribution in [0.15, 0.2) is 24.8 Å². The summed E-state index contributed by atoms with van der Waals surface area (Å²) in [6, 6.07) is 0.